The summed E-state index contributed by atoms with van der Waals surface area (Å²) in [6, 6.07) is 0. The number of aliphatic hydroxyl groups excluding tert-OH is 1. The summed E-state index contributed by atoms with van der Waals surface area (Å²) in [6.07, 6.45) is 9.66. The summed E-state index contributed by atoms with van der Waals surface area (Å²) in [7, 11) is 0. The van der Waals surface area contributed by atoms with Gasteiger partial charge in [0.05, 0.1) is 6.20 Å². The summed E-state index contributed by atoms with van der Waals surface area (Å²) < 4.78 is 5.79. The van der Waals surface area contributed by atoms with Crippen LogP contribution in [0.1, 0.15) is 40.0 Å². The Bertz CT molecular complexity index is 642. The molecule has 2 heterocycles. The second-order valence-corrected chi connectivity index (χ2v) is 6.60. The maximum Gasteiger partial charge on any atom is 0.151 e. The van der Waals surface area contributed by atoms with E-state index in [-0.39, 0.29) is 25.0 Å². The number of aliphatic hydroxyl groups is 2. The van der Waals surface area contributed by atoms with Crippen molar-refractivity contribution in [2.24, 2.45) is 0 Å². The first kappa shape index (κ1) is 25.7. The number of rotatable bonds is 11. The minimum absolute atomic E-state index is 0.0271. The van der Waals surface area contributed by atoms with Crippen LogP contribution in [0.5, 0.6) is 0 Å². The number of hydrogen-bond acceptors (Lipinski definition) is 8. The standard InChI is InChI=1S/C20H30N4O4.C2H6/c1-2-18(5-3-4-17(25)6-7-20(26)27)28-15-14-23-10-12-24(13-11-23)19-16-21-8-9-22-19;1-2/h2-3,5,8-9,16,20,26-27H,4,6-7,10-15H2,1H3;1-2H3/b5-3-,18-2+;. The van der Waals surface area contributed by atoms with Crippen LogP contribution in [-0.4, -0.2) is 76.5 Å². The van der Waals surface area contributed by atoms with Crippen LogP contribution in [0.15, 0.2) is 42.6 Å². The predicted molar refractivity (Wildman–Crippen MR) is 118 cm³/mol. The third-order valence-corrected chi connectivity index (χ3v) is 4.52. The van der Waals surface area contributed by atoms with Crippen molar-refractivity contribution in [3.63, 3.8) is 0 Å². The molecule has 0 atom stereocenters. The number of Topliss-reactive ketones (excluding diaryl/α,β-unsaturated/α-hetero) is 1. The van der Waals surface area contributed by atoms with Gasteiger partial charge in [0.2, 0.25) is 0 Å². The molecule has 1 aromatic heterocycles. The zero-order valence-corrected chi connectivity index (χ0v) is 18.4. The highest BCUT2D eigenvalue weighted by Gasteiger charge is 2.17. The fraction of sp³-hybridized carbons (Fsp3) is 0.591. The Kier molecular flexibility index (Phi) is 13.3. The molecule has 0 aliphatic carbocycles. The van der Waals surface area contributed by atoms with Gasteiger partial charge in [0, 0.05) is 64.4 Å². The monoisotopic (exact) mass is 420 g/mol. The third-order valence-electron chi connectivity index (χ3n) is 4.52. The van der Waals surface area contributed by atoms with Crippen molar-refractivity contribution >= 4 is 11.6 Å². The van der Waals surface area contributed by atoms with E-state index in [1.165, 1.54) is 0 Å². The molecular formula is C22H36N4O4. The fourth-order valence-corrected chi connectivity index (χ4v) is 2.87. The number of aromatic nitrogens is 2. The van der Waals surface area contributed by atoms with Gasteiger partial charge in [0.1, 0.15) is 24.0 Å². The summed E-state index contributed by atoms with van der Waals surface area (Å²) in [6.45, 7) is 11.0. The molecule has 8 nitrogen and oxygen atoms in total. The van der Waals surface area contributed by atoms with Crippen LogP contribution < -0.4 is 4.90 Å². The fourth-order valence-electron chi connectivity index (χ4n) is 2.87. The van der Waals surface area contributed by atoms with Crippen molar-refractivity contribution in [3.8, 4) is 0 Å². The zero-order valence-electron chi connectivity index (χ0n) is 18.4. The highest BCUT2D eigenvalue weighted by Crippen LogP contribution is 2.11. The summed E-state index contributed by atoms with van der Waals surface area (Å²) in [5.41, 5.74) is 0. The van der Waals surface area contributed by atoms with Gasteiger partial charge in [-0.15, -0.1) is 0 Å². The Morgan fingerprint density at radius 2 is 1.97 bits per heavy atom. The van der Waals surface area contributed by atoms with E-state index in [4.69, 9.17) is 14.9 Å². The second-order valence-electron chi connectivity index (χ2n) is 6.60. The van der Waals surface area contributed by atoms with Crippen LogP contribution in [0.4, 0.5) is 5.82 Å². The smallest absolute Gasteiger partial charge is 0.151 e. The van der Waals surface area contributed by atoms with Gasteiger partial charge in [0.15, 0.2) is 6.29 Å². The van der Waals surface area contributed by atoms with Gasteiger partial charge in [-0.1, -0.05) is 19.9 Å². The molecular weight excluding hydrogens is 384 g/mol. The van der Waals surface area contributed by atoms with Crippen molar-refractivity contribution in [2.45, 2.75) is 46.3 Å². The van der Waals surface area contributed by atoms with E-state index in [0.29, 0.717) is 6.61 Å². The van der Waals surface area contributed by atoms with Crippen LogP contribution in [-0.2, 0) is 9.53 Å². The van der Waals surface area contributed by atoms with Crippen molar-refractivity contribution in [1.29, 1.82) is 0 Å². The topological polar surface area (TPSA) is 99.0 Å². The number of ether oxygens (including phenoxy) is 1. The van der Waals surface area contributed by atoms with Gasteiger partial charge < -0.3 is 19.8 Å². The van der Waals surface area contributed by atoms with Crippen LogP contribution in [0.25, 0.3) is 0 Å². The van der Waals surface area contributed by atoms with Crippen molar-refractivity contribution in [1.82, 2.24) is 14.9 Å². The maximum atomic E-state index is 11.6. The summed E-state index contributed by atoms with van der Waals surface area (Å²) in [4.78, 5) is 24.7. The molecule has 1 aliphatic rings. The second kappa shape index (κ2) is 15.5. The van der Waals surface area contributed by atoms with E-state index in [9.17, 15) is 4.79 Å². The quantitative estimate of drug-likeness (QED) is 0.319. The third kappa shape index (κ3) is 10.5. The van der Waals surface area contributed by atoms with E-state index in [0.717, 1.165) is 44.3 Å². The Labute approximate surface area is 179 Å². The molecule has 0 unspecified atom stereocenters. The van der Waals surface area contributed by atoms with Crippen molar-refractivity contribution in [3.05, 3.63) is 42.6 Å². The molecule has 1 aromatic rings. The SMILES string of the molecule is C/C=C(\C=C/CC(=O)CCC(O)O)OCCN1CCN(c2cnccn2)CC1.CC. The normalized spacial score (nSPS) is 15.3. The van der Waals surface area contributed by atoms with E-state index in [1.54, 1.807) is 30.7 Å². The number of nitrogens with zero attached hydrogens (tertiary/aromatic N) is 4. The molecule has 2 N–H and O–H groups in total. The molecule has 1 aliphatic heterocycles. The molecule has 0 bridgehead atoms. The highest BCUT2D eigenvalue weighted by atomic mass is 16.5. The van der Waals surface area contributed by atoms with E-state index >= 15 is 0 Å². The molecule has 30 heavy (non-hydrogen) atoms. The Balaban J connectivity index is 0.00000218. The largest absolute Gasteiger partial charge is 0.493 e. The van der Waals surface area contributed by atoms with Gasteiger partial charge in [0.25, 0.3) is 0 Å². The molecule has 0 aromatic carbocycles. The van der Waals surface area contributed by atoms with Gasteiger partial charge in [-0.3, -0.25) is 14.7 Å². The Morgan fingerprint density at radius 3 is 2.57 bits per heavy atom. The van der Waals surface area contributed by atoms with Gasteiger partial charge in [-0.05, 0) is 19.1 Å². The first-order chi connectivity index (χ1) is 14.6. The summed E-state index contributed by atoms with van der Waals surface area (Å²) in [5, 5.41) is 17.5. The number of hydrogen-bond donors (Lipinski definition) is 2. The van der Waals surface area contributed by atoms with Crippen LogP contribution in [0.3, 0.4) is 0 Å². The lowest BCUT2D eigenvalue weighted by molar-refractivity contribution is -0.120. The average Bonchev–Trinajstić information content (AvgIpc) is 2.79. The van der Waals surface area contributed by atoms with Crippen LogP contribution >= 0.6 is 0 Å². The zero-order chi connectivity index (χ0) is 22.2. The number of ketones is 1. The maximum absolute atomic E-state index is 11.6. The molecule has 0 radical (unpaired) electrons. The minimum Gasteiger partial charge on any atom is -0.493 e. The Hall–Kier alpha value is -2.29. The lowest BCUT2D eigenvalue weighted by Crippen LogP contribution is -2.47. The first-order valence-electron chi connectivity index (χ1n) is 10.6. The molecule has 2 rings (SSSR count). The first-order valence-corrected chi connectivity index (χ1v) is 10.6. The average molecular weight is 421 g/mol. The number of piperazine rings is 1. The highest BCUT2D eigenvalue weighted by molar-refractivity contribution is 5.79. The molecule has 0 spiro atoms. The van der Waals surface area contributed by atoms with Gasteiger partial charge in [-0.25, -0.2) is 4.98 Å². The molecule has 0 saturated carbocycles. The molecule has 0 amide bonds. The summed E-state index contributed by atoms with van der Waals surface area (Å²) >= 11 is 0. The lowest BCUT2D eigenvalue weighted by Gasteiger charge is -2.35. The molecule has 8 heteroatoms. The number of allylic oxidation sites excluding steroid dienone is 3. The van der Waals surface area contributed by atoms with E-state index < -0.39 is 6.29 Å². The van der Waals surface area contributed by atoms with Crippen LogP contribution in [0, 0.1) is 0 Å². The van der Waals surface area contributed by atoms with E-state index in [2.05, 4.69) is 19.8 Å². The van der Waals surface area contributed by atoms with Crippen molar-refractivity contribution in [2.75, 3.05) is 44.2 Å². The molecule has 1 saturated heterocycles. The predicted octanol–water partition coefficient (Wildman–Crippen LogP) is 2.15. The Morgan fingerprint density at radius 1 is 1.23 bits per heavy atom. The van der Waals surface area contributed by atoms with Gasteiger partial charge >= 0.3 is 0 Å². The van der Waals surface area contributed by atoms with Crippen molar-refractivity contribution < 1.29 is 19.7 Å². The molecule has 1 fully saturated rings. The van der Waals surface area contributed by atoms with Gasteiger partial charge in [-0.2, -0.15) is 0 Å². The number of carbonyl (C=O) groups is 1. The summed E-state index contributed by atoms with van der Waals surface area (Å²) in [5.74, 6) is 1.62. The van der Waals surface area contributed by atoms with Crippen LogP contribution in [0.2, 0.25) is 0 Å². The van der Waals surface area contributed by atoms with E-state index in [1.807, 2.05) is 26.8 Å². The number of carbonyl (C=O) groups excluding carboxylic acids is 1. The molecule has 168 valence electrons. The number of anilines is 1. The minimum atomic E-state index is -1.43. The lowest BCUT2D eigenvalue weighted by atomic mass is 10.1.